The normalized spacial score (nSPS) is 13.6. The second-order valence-corrected chi connectivity index (χ2v) is 17.3. The number of hydrogen-bond donors (Lipinski definition) is 0. The standard InChI is InChI=1S/C25H26O2Si3/c1-30(2,3)27-29(26-28)25-10-6-9-19-14-21-12-11-20-13-17-7-4-5-8-18(17)15-22(20)23(21)16-24(19)25/h4-16,29H,1-3,28H3. The van der Waals surface area contributed by atoms with E-state index in [1.807, 2.05) is 0 Å². The molecule has 0 saturated carbocycles. The van der Waals surface area contributed by atoms with Crippen molar-refractivity contribution in [3.05, 3.63) is 78.9 Å². The zero-order valence-corrected chi connectivity index (χ0v) is 22.1. The maximum Gasteiger partial charge on any atom is 0.335 e. The Morgan fingerprint density at radius 1 is 0.633 bits per heavy atom. The quantitative estimate of drug-likeness (QED) is 0.224. The van der Waals surface area contributed by atoms with Gasteiger partial charge in [0.25, 0.3) is 0 Å². The highest BCUT2D eigenvalue weighted by Crippen LogP contribution is 2.32. The molecule has 5 rings (SSSR count). The van der Waals surface area contributed by atoms with Crippen LogP contribution in [0.15, 0.2) is 78.9 Å². The van der Waals surface area contributed by atoms with E-state index in [0.717, 1.165) is 0 Å². The average molecular weight is 443 g/mol. The Bertz CT molecular complexity index is 1410. The van der Waals surface area contributed by atoms with Crippen LogP contribution in [0, 0.1) is 0 Å². The first-order valence-corrected chi connectivity index (χ1v) is 16.2. The first-order valence-electron chi connectivity index (χ1n) is 10.4. The van der Waals surface area contributed by atoms with Gasteiger partial charge < -0.3 is 8.23 Å². The lowest BCUT2D eigenvalue weighted by Gasteiger charge is -2.25. The molecule has 30 heavy (non-hydrogen) atoms. The second-order valence-electron chi connectivity index (χ2n) is 8.93. The van der Waals surface area contributed by atoms with Crippen molar-refractivity contribution in [3.63, 3.8) is 0 Å². The maximum atomic E-state index is 6.53. The van der Waals surface area contributed by atoms with E-state index in [-0.39, 0.29) is 0 Å². The van der Waals surface area contributed by atoms with E-state index < -0.39 is 17.6 Å². The Hall–Kier alpha value is -2.29. The summed E-state index contributed by atoms with van der Waals surface area (Å²) >= 11 is 0. The summed E-state index contributed by atoms with van der Waals surface area (Å²) in [4.78, 5) is 0. The highest BCUT2D eigenvalue weighted by Gasteiger charge is 2.25. The van der Waals surface area contributed by atoms with Crippen molar-refractivity contribution in [1.82, 2.24) is 0 Å². The molecule has 5 aromatic rings. The van der Waals surface area contributed by atoms with Gasteiger partial charge in [-0.1, -0.05) is 54.6 Å². The van der Waals surface area contributed by atoms with E-state index in [9.17, 15) is 0 Å². The van der Waals surface area contributed by atoms with Crippen molar-refractivity contribution in [2.75, 3.05) is 0 Å². The predicted molar refractivity (Wildman–Crippen MR) is 139 cm³/mol. The molecule has 5 aromatic carbocycles. The molecule has 0 heterocycles. The Morgan fingerprint density at radius 2 is 1.20 bits per heavy atom. The van der Waals surface area contributed by atoms with Crippen molar-refractivity contribution in [3.8, 4) is 0 Å². The Balaban J connectivity index is 1.80. The van der Waals surface area contributed by atoms with Crippen molar-refractivity contribution >= 4 is 76.4 Å². The molecule has 0 radical (unpaired) electrons. The van der Waals surface area contributed by atoms with Gasteiger partial charge in [0, 0.05) is 0 Å². The molecule has 0 aliphatic carbocycles. The molecule has 1 unspecified atom stereocenters. The number of rotatable bonds is 4. The minimum Gasteiger partial charge on any atom is -0.444 e. The molecular weight excluding hydrogens is 417 g/mol. The van der Waals surface area contributed by atoms with Gasteiger partial charge in [0.2, 0.25) is 0 Å². The van der Waals surface area contributed by atoms with Gasteiger partial charge in [0.15, 0.2) is 8.32 Å². The molecule has 150 valence electrons. The molecule has 0 amide bonds. The molecule has 0 fully saturated rings. The van der Waals surface area contributed by atoms with Gasteiger partial charge in [-0.25, -0.2) is 0 Å². The Kier molecular flexibility index (Phi) is 4.88. The summed E-state index contributed by atoms with van der Waals surface area (Å²) in [6.45, 7) is 6.73. The molecule has 0 aliphatic heterocycles. The lowest BCUT2D eigenvalue weighted by molar-refractivity contribution is 0.461. The van der Waals surface area contributed by atoms with Crippen molar-refractivity contribution in [1.29, 1.82) is 0 Å². The molecule has 0 aliphatic rings. The monoisotopic (exact) mass is 442 g/mol. The van der Waals surface area contributed by atoms with E-state index in [2.05, 4.69) is 98.5 Å². The molecule has 5 heteroatoms. The summed E-state index contributed by atoms with van der Waals surface area (Å²) in [6, 6.07) is 29.0. The molecule has 0 spiro atoms. The van der Waals surface area contributed by atoms with Crippen LogP contribution in [0.2, 0.25) is 19.6 Å². The zero-order chi connectivity index (χ0) is 20.9. The second kappa shape index (κ2) is 7.44. The van der Waals surface area contributed by atoms with E-state index >= 15 is 0 Å². The van der Waals surface area contributed by atoms with Gasteiger partial charge in [0.05, 0.1) is 0 Å². The van der Waals surface area contributed by atoms with Crippen LogP contribution in [-0.2, 0) is 8.23 Å². The van der Waals surface area contributed by atoms with Crippen molar-refractivity contribution in [2.24, 2.45) is 0 Å². The summed E-state index contributed by atoms with van der Waals surface area (Å²) in [5, 5.41) is 11.5. The van der Waals surface area contributed by atoms with Crippen LogP contribution in [-0.4, -0.2) is 28.1 Å². The highest BCUT2D eigenvalue weighted by atomic mass is 28.4. The number of fused-ring (bicyclic) bond motifs is 5. The third-order valence-electron chi connectivity index (χ3n) is 5.66. The van der Waals surface area contributed by atoms with Crippen LogP contribution >= 0.6 is 0 Å². The van der Waals surface area contributed by atoms with E-state index in [1.165, 1.54) is 48.3 Å². The van der Waals surface area contributed by atoms with Gasteiger partial charge in [-0.2, -0.15) is 0 Å². The van der Waals surface area contributed by atoms with Crippen LogP contribution in [0.4, 0.5) is 0 Å². The number of hydrogen-bond acceptors (Lipinski definition) is 2. The Labute approximate surface area is 183 Å². The molecule has 0 saturated heterocycles. The lowest BCUT2D eigenvalue weighted by atomic mass is 9.96. The third kappa shape index (κ3) is 3.53. The first-order chi connectivity index (χ1) is 14.4. The maximum absolute atomic E-state index is 6.53. The van der Waals surface area contributed by atoms with E-state index in [4.69, 9.17) is 8.23 Å². The van der Waals surface area contributed by atoms with Crippen molar-refractivity contribution < 1.29 is 8.23 Å². The van der Waals surface area contributed by atoms with E-state index in [0.29, 0.717) is 10.5 Å². The Morgan fingerprint density at radius 3 is 1.87 bits per heavy atom. The van der Waals surface area contributed by atoms with Crippen LogP contribution < -0.4 is 5.19 Å². The summed E-state index contributed by atoms with van der Waals surface area (Å²) in [6.07, 6.45) is 0. The van der Waals surface area contributed by atoms with Gasteiger partial charge in [0.1, 0.15) is 10.5 Å². The highest BCUT2D eigenvalue weighted by molar-refractivity contribution is 6.81. The fourth-order valence-corrected chi connectivity index (χ4v) is 10.4. The van der Waals surface area contributed by atoms with Crippen LogP contribution in [0.1, 0.15) is 0 Å². The predicted octanol–water partition coefficient (Wildman–Crippen LogP) is 4.88. The smallest absolute Gasteiger partial charge is 0.335 e. The summed E-state index contributed by atoms with van der Waals surface area (Å²) in [7, 11) is -2.89. The van der Waals surface area contributed by atoms with Crippen molar-refractivity contribution in [2.45, 2.75) is 19.6 Å². The first kappa shape index (κ1) is 19.7. The van der Waals surface area contributed by atoms with E-state index in [1.54, 1.807) is 0 Å². The molecule has 0 aromatic heterocycles. The third-order valence-corrected chi connectivity index (χ3v) is 12.1. The molecule has 0 N–H and O–H groups in total. The van der Waals surface area contributed by atoms with Gasteiger partial charge >= 0.3 is 9.28 Å². The largest absolute Gasteiger partial charge is 0.444 e. The molecular formula is C25H26O2Si3. The summed E-state index contributed by atoms with van der Waals surface area (Å²) in [5.41, 5.74) is 0. The molecule has 1 atom stereocenters. The topological polar surface area (TPSA) is 18.5 Å². The van der Waals surface area contributed by atoms with Crippen LogP contribution in [0.5, 0.6) is 0 Å². The molecule has 2 nitrogen and oxygen atoms in total. The molecule has 0 bridgehead atoms. The van der Waals surface area contributed by atoms with Gasteiger partial charge in [-0.05, 0) is 92.2 Å². The minimum absolute atomic E-state index is 0.696. The lowest BCUT2D eigenvalue weighted by Crippen LogP contribution is -2.44. The summed E-state index contributed by atoms with van der Waals surface area (Å²) < 4.78 is 12.6. The van der Waals surface area contributed by atoms with Crippen LogP contribution in [0.25, 0.3) is 43.1 Å². The zero-order valence-electron chi connectivity index (χ0n) is 17.9. The number of benzene rings is 5. The SMILES string of the molecule is C[Si](C)(C)O[SiH](O[SiH3])c1cccc2cc3ccc4cc5ccccc5cc4c3cc12. The fraction of sp³-hybridized carbons (Fsp3) is 0.120. The van der Waals surface area contributed by atoms with Gasteiger partial charge in [-0.3, -0.25) is 0 Å². The summed E-state index contributed by atoms with van der Waals surface area (Å²) in [5.74, 6) is 0. The van der Waals surface area contributed by atoms with Gasteiger partial charge in [-0.15, -0.1) is 0 Å². The average Bonchev–Trinajstić information content (AvgIpc) is 2.73. The minimum atomic E-state index is -1.91. The fourth-order valence-electron chi connectivity index (χ4n) is 4.31. The van der Waals surface area contributed by atoms with Crippen LogP contribution in [0.3, 0.4) is 0 Å².